The van der Waals surface area contributed by atoms with Gasteiger partial charge < -0.3 is 10.1 Å². The van der Waals surface area contributed by atoms with Gasteiger partial charge in [0.25, 0.3) is 0 Å². The van der Waals surface area contributed by atoms with Crippen molar-refractivity contribution in [1.29, 1.82) is 0 Å². The molecule has 0 atom stereocenters. The molecule has 0 saturated heterocycles. The number of nitrogens with one attached hydrogen (secondary N) is 1. The molecule has 1 amide bonds. The Morgan fingerprint density at radius 2 is 2.04 bits per heavy atom. The van der Waals surface area contributed by atoms with Crippen LogP contribution in [-0.2, 0) is 4.79 Å². The summed E-state index contributed by atoms with van der Waals surface area (Å²) in [6.45, 7) is 0. The average molecular weight is 355 g/mol. The first kappa shape index (κ1) is 16.7. The monoisotopic (exact) mass is 354 g/mol. The Balaban J connectivity index is 1.64. The zero-order valence-corrected chi connectivity index (χ0v) is 14.1. The molecule has 7 heteroatoms. The number of ether oxygens (including phenoxy) is 1. The number of hydrogen-bond donors (Lipinski definition) is 1. The van der Waals surface area contributed by atoms with E-state index in [4.69, 9.17) is 16.3 Å². The minimum atomic E-state index is -0.273. The van der Waals surface area contributed by atoms with Crippen LogP contribution in [0.3, 0.4) is 0 Å². The van der Waals surface area contributed by atoms with Crippen molar-refractivity contribution in [3.63, 3.8) is 0 Å². The van der Waals surface area contributed by atoms with Gasteiger partial charge in [-0.1, -0.05) is 23.7 Å². The SMILES string of the molecule is COc1ccc(NC(=O)C=Cn2cnc(-c3cccc(Cl)c3)n2)cc1. The lowest BCUT2D eigenvalue weighted by Gasteiger charge is -2.03. The van der Waals surface area contributed by atoms with E-state index in [0.29, 0.717) is 16.5 Å². The fourth-order valence-electron chi connectivity index (χ4n) is 2.11. The van der Waals surface area contributed by atoms with Crippen molar-refractivity contribution < 1.29 is 9.53 Å². The zero-order chi connectivity index (χ0) is 17.6. The number of methoxy groups -OCH3 is 1. The largest absolute Gasteiger partial charge is 0.497 e. The van der Waals surface area contributed by atoms with E-state index in [2.05, 4.69) is 15.4 Å². The fraction of sp³-hybridized carbons (Fsp3) is 0.0556. The van der Waals surface area contributed by atoms with Crippen molar-refractivity contribution in [2.45, 2.75) is 0 Å². The molecule has 1 aromatic heterocycles. The third kappa shape index (κ3) is 4.45. The van der Waals surface area contributed by atoms with E-state index in [9.17, 15) is 4.79 Å². The van der Waals surface area contributed by atoms with Gasteiger partial charge >= 0.3 is 0 Å². The maximum absolute atomic E-state index is 12.0. The highest BCUT2D eigenvalue weighted by Crippen LogP contribution is 2.19. The number of carbonyl (C=O) groups excluding carboxylic acids is 1. The van der Waals surface area contributed by atoms with Gasteiger partial charge in [-0.05, 0) is 36.4 Å². The molecule has 0 unspecified atom stereocenters. The van der Waals surface area contributed by atoms with Crippen LogP contribution in [0.15, 0.2) is 60.9 Å². The Hall–Kier alpha value is -3.12. The van der Waals surface area contributed by atoms with Crippen molar-refractivity contribution >= 4 is 29.4 Å². The van der Waals surface area contributed by atoms with Crippen LogP contribution in [-0.4, -0.2) is 27.8 Å². The number of amides is 1. The second-order valence-electron chi connectivity index (χ2n) is 5.09. The normalized spacial score (nSPS) is 10.8. The van der Waals surface area contributed by atoms with Gasteiger partial charge in [0, 0.05) is 28.5 Å². The molecule has 3 rings (SSSR count). The van der Waals surface area contributed by atoms with Gasteiger partial charge in [0.1, 0.15) is 12.1 Å². The summed E-state index contributed by atoms with van der Waals surface area (Å²) in [7, 11) is 1.59. The van der Waals surface area contributed by atoms with Crippen LogP contribution in [0.2, 0.25) is 5.02 Å². The van der Waals surface area contributed by atoms with Crippen LogP contribution in [0.5, 0.6) is 5.75 Å². The lowest BCUT2D eigenvalue weighted by atomic mass is 10.2. The Bertz CT molecular complexity index is 903. The molecule has 2 aromatic carbocycles. The van der Waals surface area contributed by atoms with Crippen molar-refractivity contribution in [1.82, 2.24) is 14.8 Å². The molecule has 1 heterocycles. The Kier molecular flexibility index (Phi) is 5.11. The minimum absolute atomic E-state index is 0.273. The molecule has 1 N–H and O–H groups in total. The summed E-state index contributed by atoms with van der Waals surface area (Å²) in [5.74, 6) is 0.984. The molecule has 0 aliphatic heterocycles. The quantitative estimate of drug-likeness (QED) is 0.709. The first-order valence-corrected chi connectivity index (χ1v) is 7.82. The van der Waals surface area contributed by atoms with Crippen LogP contribution in [0.25, 0.3) is 17.6 Å². The van der Waals surface area contributed by atoms with E-state index in [1.54, 1.807) is 43.5 Å². The first-order chi connectivity index (χ1) is 12.1. The van der Waals surface area contributed by atoms with Crippen LogP contribution >= 0.6 is 11.6 Å². The molecule has 0 radical (unpaired) electrons. The minimum Gasteiger partial charge on any atom is -0.497 e. The average Bonchev–Trinajstić information content (AvgIpc) is 3.10. The van der Waals surface area contributed by atoms with Gasteiger partial charge in [-0.2, -0.15) is 0 Å². The van der Waals surface area contributed by atoms with E-state index < -0.39 is 0 Å². The Labute approximate surface area is 149 Å². The third-order valence-electron chi connectivity index (χ3n) is 3.33. The van der Waals surface area contributed by atoms with E-state index in [-0.39, 0.29) is 5.91 Å². The van der Waals surface area contributed by atoms with Gasteiger partial charge in [0.15, 0.2) is 5.82 Å². The molecular weight excluding hydrogens is 340 g/mol. The predicted molar refractivity (Wildman–Crippen MR) is 97.4 cm³/mol. The number of carbonyl (C=O) groups is 1. The summed E-state index contributed by atoms with van der Waals surface area (Å²) in [6.07, 6.45) is 4.42. The summed E-state index contributed by atoms with van der Waals surface area (Å²) < 4.78 is 6.53. The third-order valence-corrected chi connectivity index (χ3v) is 3.56. The molecule has 3 aromatic rings. The smallest absolute Gasteiger partial charge is 0.249 e. The van der Waals surface area contributed by atoms with Gasteiger partial charge in [-0.15, -0.1) is 5.10 Å². The molecule has 0 aliphatic carbocycles. The van der Waals surface area contributed by atoms with E-state index in [1.165, 1.54) is 23.3 Å². The van der Waals surface area contributed by atoms with E-state index in [0.717, 1.165) is 11.3 Å². The number of aromatic nitrogens is 3. The van der Waals surface area contributed by atoms with E-state index >= 15 is 0 Å². The standard InChI is InChI=1S/C18H15ClN4O2/c1-25-16-7-5-15(6-8-16)21-17(24)9-10-23-12-20-18(22-23)13-3-2-4-14(19)11-13/h2-12H,1H3,(H,21,24). The molecule has 25 heavy (non-hydrogen) atoms. The topological polar surface area (TPSA) is 69.0 Å². The first-order valence-electron chi connectivity index (χ1n) is 7.44. The summed E-state index contributed by atoms with van der Waals surface area (Å²) in [4.78, 5) is 16.2. The molecular formula is C18H15ClN4O2. The fourth-order valence-corrected chi connectivity index (χ4v) is 2.30. The number of hydrogen-bond acceptors (Lipinski definition) is 4. The summed E-state index contributed by atoms with van der Waals surface area (Å²) >= 11 is 5.96. The second-order valence-corrected chi connectivity index (χ2v) is 5.53. The summed E-state index contributed by atoms with van der Waals surface area (Å²) in [6, 6.07) is 14.3. The number of rotatable bonds is 5. The van der Waals surface area contributed by atoms with Crippen LogP contribution in [0.1, 0.15) is 0 Å². The highest BCUT2D eigenvalue weighted by atomic mass is 35.5. The number of benzene rings is 2. The molecule has 0 spiro atoms. The maximum Gasteiger partial charge on any atom is 0.249 e. The maximum atomic E-state index is 12.0. The number of halogens is 1. The molecule has 0 fully saturated rings. The van der Waals surface area contributed by atoms with Crippen molar-refractivity contribution in [2.75, 3.05) is 12.4 Å². The van der Waals surface area contributed by atoms with Crippen LogP contribution in [0, 0.1) is 0 Å². The summed E-state index contributed by atoms with van der Waals surface area (Å²) in [5, 5.41) is 7.65. The number of anilines is 1. The van der Waals surface area contributed by atoms with Gasteiger partial charge in [0.05, 0.1) is 7.11 Å². The van der Waals surface area contributed by atoms with E-state index in [1.807, 2.05) is 12.1 Å². The van der Waals surface area contributed by atoms with Crippen LogP contribution < -0.4 is 10.1 Å². The molecule has 126 valence electrons. The Morgan fingerprint density at radius 1 is 1.24 bits per heavy atom. The molecule has 0 bridgehead atoms. The van der Waals surface area contributed by atoms with Crippen molar-refractivity contribution in [3.8, 4) is 17.1 Å². The lowest BCUT2D eigenvalue weighted by molar-refractivity contribution is -0.111. The van der Waals surface area contributed by atoms with Crippen molar-refractivity contribution in [2.24, 2.45) is 0 Å². The molecule has 0 saturated carbocycles. The van der Waals surface area contributed by atoms with Gasteiger partial charge in [-0.3, -0.25) is 4.79 Å². The lowest BCUT2D eigenvalue weighted by Crippen LogP contribution is -2.08. The second kappa shape index (κ2) is 7.63. The van der Waals surface area contributed by atoms with Gasteiger partial charge in [-0.25, -0.2) is 9.67 Å². The predicted octanol–water partition coefficient (Wildman–Crippen LogP) is 3.72. The van der Waals surface area contributed by atoms with Crippen LogP contribution in [0.4, 0.5) is 5.69 Å². The zero-order valence-electron chi connectivity index (χ0n) is 13.4. The number of nitrogens with zero attached hydrogens (tertiary/aromatic N) is 3. The highest BCUT2D eigenvalue weighted by molar-refractivity contribution is 6.30. The van der Waals surface area contributed by atoms with Gasteiger partial charge in [0.2, 0.25) is 5.91 Å². The van der Waals surface area contributed by atoms with Crippen molar-refractivity contribution in [3.05, 3.63) is 66.0 Å². The Morgan fingerprint density at radius 3 is 2.76 bits per heavy atom. The highest BCUT2D eigenvalue weighted by Gasteiger charge is 2.04. The summed E-state index contributed by atoms with van der Waals surface area (Å²) in [5.41, 5.74) is 1.48. The molecule has 0 aliphatic rings. The molecule has 6 nitrogen and oxygen atoms in total.